The van der Waals surface area contributed by atoms with Crippen LogP contribution in [0.15, 0.2) is 0 Å². The number of rotatable bonds is 7. The minimum absolute atomic E-state index is 0.879. The SMILES string of the molecule is CN(C)CCCN(CCBr)C1CCCC1. The molecule has 0 aliphatic heterocycles. The van der Waals surface area contributed by atoms with Gasteiger partial charge in [0.2, 0.25) is 0 Å². The molecule has 0 aromatic carbocycles. The Morgan fingerprint density at radius 2 is 1.73 bits per heavy atom. The molecule has 1 aliphatic rings. The fraction of sp³-hybridized carbons (Fsp3) is 1.00. The van der Waals surface area contributed by atoms with Crippen LogP contribution < -0.4 is 0 Å². The van der Waals surface area contributed by atoms with Crippen molar-refractivity contribution in [3.05, 3.63) is 0 Å². The van der Waals surface area contributed by atoms with E-state index in [-0.39, 0.29) is 0 Å². The van der Waals surface area contributed by atoms with Gasteiger partial charge in [-0.1, -0.05) is 28.8 Å². The van der Waals surface area contributed by atoms with Gasteiger partial charge in [0.25, 0.3) is 0 Å². The van der Waals surface area contributed by atoms with E-state index in [1.807, 2.05) is 0 Å². The lowest BCUT2D eigenvalue weighted by atomic mass is 10.2. The summed E-state index contributed by atoms with van der Waals surface area (Å²) >= 11 is 3.57. The first-order valence-corrected chi connectivity index (χ1v) is 7.31. The monoisotopic (exact) mass is 276 g/mol. The van der Waals surface area contributed by atoms with Crippen molar-refractivity contribution in [1.82, 2.24) is 9.80 Å². The van der Waals surface area contributed by atoms with Gasteiger partial charge in [0.1, 0.15) is 0 Å². The van der Waals surface area contributed by atoms with E-state index in [4.69, 9.17) is 0 Å². The van der Waals surface area contributed by atoms with Crippen LogP contribution in [0.1, 0.15) is 32.1 Å². The molecule has 0 unspecified atom stereocenters. The highest BCUT2D eigenvalue weighted by Crippen LogP contribution is 2.23. The lowest BCUT2D eigenvalue weighted by Crippen LogP contribution is -2.36. The van der Waals surface area contributed by atoms with Crippen molar-refractivity contribution >= 4 is 15.9 Å². The van der Waals surface area contributed by atoms with Crippen molar-refractivity contribution in [2.24, 2.45) is 0 Å². The van der Waals surface area contributed by atoms with Crippen LogP contribution >= 0.6 is 15.9 Å². The zero-order chi connectivity index (χ0) is 11.1. The summed E-state index contributed by atoms with van der Waals surface area (Å²) in [7, 11) is 4.31. The molecule has 0 radical (unpaired) electrons. The van der Waals surface area contributed by atoms with Crippen LogP contribution in [0.4, 0.5) is 0 Å². The van der Waals surface area contributed by atoms with Crippen molar-refractivity contribution < 1.29 is 0 Å². The van der Waals surface area contributed by atoms with Gasteiger partial charge in [-0.2, -0.15) is 0 Å². The molecule has 0 atom stereocenters. The maximum atomic E-state index is 3.57. The molecule has 90 valence electrons. The zero-order valence-corrected chi connectivity index (χ0v) is 11.8. The Morgan fingerprint density at radius 1 is 1.07 bits per heavy atom. The summed E-state index contributed by atoms with van der Waals surface area (Å²) < 4.78 is 0. The van der Waals surface area contributed by atoms with E-state index in [0.717, 1.165) is 11.4 Å². The van der Waals surface area contributed by atoms with Gasteiger partial charge in [0, 0.05) is 17.9 Å². The van der Waals surface area contributed by atoms with Crippen LogP contribution in [-0.2, 0) is 0 Å². The smallest absolute Gasteiger partial charge is 0.0159 e. The van der Waals surface area contributed by atoms with Gasteiger partial charge in [-0.05, 0) is 46.4 Å². The zero-order valence-electron chi connectivity index (χ0n) is 10.2. The van der Waals surface area contributed by atoms with Gasteiger partial charge >= 0.3 is 0 Å². The van der Waals surface area contributed by atoms with Crippen LogP contribution in [0.5, 0.6) is 0 Å². The third-order valence-corrected chi connectivity index (χ3v) is 3.62. The number of halogens is 1. The maximum absolute atomic E-state index is 3.57. The van der Waals surface area contributed by atoms with Crippen molar-refractivity contribution in [2.45, 2.75) is 38.1 Å². The molecular formula is C12H25BrN2. The second kappa shape index (κ2) is 7.64. The van der Waals surface area contributed by atoms with Gasteiger partial charge < -0.3 is 4.90 Å². The van der Waals surface area contributed by atoms with Crippen LogP contribution in [0.25, 0.3) is 0 Å². The minimum Gasteiger partial charge on any atom is -0.309 e. The molecule has 0 spiro atoms. The Bertz CT molecular complexity index is 156. The first-order chi connectivity index (χ1) is 7.24. The molecule has 0 bridgehead atoms. The van der Waals surface area contributed by atoms with E-state index >= 15 is 0 Å². The van der Waals surface area contributed by atoms with Crippen LogP contribution in [-0.4, -0.2) is 54.9 Å². The molecule has 3 heteroatoms. The fourth-order valence-corrected chi connectivity index (χ4v) is 2.90. The summed E-state index contributed by atoms with van der Waals surface area (Å²) in [5.41, 5.74) is 0. The Kier molecular flexibility index (Phi) is 6.86. The first-order valence-electron chi connectivity index (χ1n) is 6.19. The van der Waals surface area contributed by atoms with Crippen LogP contribution in [0.3, 0.4) is 0 Å². The summed E-state index contributed by atoms with van der Waals surface area (Å²) in [5, 5.41) is 1.12. The lowest BCUT2D eigenvalue weighted by Gasteiger charge is -2.28. The summed E-state index contributed by atoms with van der Waals surface area (Å²) in [6.45, 7) is 3.71. The van der Waals surface area contributed by atoms with E-state index in [0.29, 0.717) is 0 Å². The van der Waals surface area contributed by atoms with E-state index in [1.54, 1.807) is 0 Å². The molecule has 0 heterocycles. The molecule has 0 aromatic rings. The standard InChI is InChI=1S/C12H25BrN2/c1-14(2)9-5-10-15(11-8-13)12-6-3-4-7-12/h12H,3-11H2,1-2H3. The third-order valence-electron chi connectivity index (χ3n) is 3.26. The minimum atomic E-state index is 0.879. The average Bonchev–Trinajstić information content (AvgIpc) is 2.68. The Balaban J connectivity index is 2.23. The summed E-state index contributed by atoms with van der Waals surface area (Å²) in [5.74, 6) is 0. The highest BCUT2D eigenvalue weighted by Gasteiger charge is 2.21. The molecule has 1 saturated carbocycles. The number of hydrogen-bond acceptors (Lipinski definition) is 2. The summed E-state index contributed by atoms with van der Waals surface area (Å²) in [4.78, 5) is 4.96. The molecule has 0 saturated heterocycles. The van der Waals surface area contributed by atoms with Crippen molar-refractivity contribution in [2.75, 3.05) is 39.1 Å². The maximum Gasteiger partial charge on any atom is 0.0159 e. The number of nitrogens with zero attached hydrogens (tertiary/aromatic N) is 2. The molecule has 1 aliphatic carbocycles. The van der Waals surface area contributed by atoms with Gasteiger partial charge in [0.15, 0.2) is 0 Å². The van der Waals surface area contributed by atoms with Gasteiger partial charge in [-0.15, -0.1) is 0 Å². The third kappa shape index (κ3) is 5.32. The van der Waals surface area contributed by atoms with Gasteiger partial charge in [0.05, 0.1) is 0 Å². The van der Waals surface area contributed by atoms with Gasteiger partial charge in [-0.25, -0.2) is 0 Å². The first kappa shape index (κ1) is 13.5. The Labute approximate surface area is 103 Å². The molecule has 1 fully saturated rings. The molecule has 2 nitrogen and oxygen atoms in total. The quantitative estimate of drug-likeness (QED) is 0.660. The van der Waals surface area contributed by atoms with Crippen LogP contribution in [0, 0.1) is 0 Å². The lowest BCUT2D eigenvalue weighted by molar-refractivity contribution is 0.201. The topological polar surface area (TPSA) is 6.48 Å². The largest absolute Gasteiger partial charge is 0.309 e. The van der Waals surface area contributed by atoms with E-state index in [2.05, 4.69) is 39.8 Å². The highest BCUT2D eigenvalue weighted by atomic mass is 79.9. The molecule has 0 N–H and O–H groups in total. The van der Waals surface area contributed by atoms with E-state index in [9.17, 15) is 0 Å². The molecule has 0 amide bonds. The summed E-state index contributed by atoms with van der Waals surface area (Å²) in [6.07, 6.45) is 7.04. The Hall–Kier alpha value is 0.400. The predicted molar refractivity (Wildman–Crippen MR) is 70.8 cm³/mol. The molecule has 1 rings (SSSR count). The second-order valence-electron chi connectivity index (χ2n) is 4.82. The molecule has 15 heavy (non-hydrogen) atoms. The normalized spacial score (nSPS) is 18.2. The average molecular weight is 277 g/mol. The Morgan fingerprint density at radius 3 is 2.27 bits per heavy atom. The predicted octanol–water partition coefficient (Wildman–Crippen LogP) is 2.58. The van der Waals surface area contributed by atoms with Crippen molar-refractivity contribution in [3.8, 4) is 0 Å². The molecule has 0 aromatic heterocycles. The van der Waals surface area contributed by atoms with E-state index < -0.39 is 0 Å². The number of alkyl halides is 1. The second-order valence-corrected chi connectivity index (χ2v) is 5.61. The van der Waals surface area contributed by atoms with Crippen molar-refractivity contribution in [1.29, 1.82) is 0 Å². The van der Waals surface area contributed by atoms with Gasteiger partial charge in [-0.3, -0.25) is 4.90 Å². The highest BCUT2D eigenvalue weighted by molar-refractivity contribution is 9.09. The fourth-order valence-electron chi connectivity index (χ4n) is 2.44. The molecular weight excluding hydrogens is 252 g/mol. The van der Waals surface area contributed by atoms with Crippen molar-refractivity contribution in [3.63, 3.8) is 0 Å². The van der Waals surface area contributed by atoms with E-state index in [1.165, 1.54) is 51.7 Å². The number of hydrogen-bond donors (Lipinski definition) is 0. The van der Waals surface area contributed by atoms with Crippen LogP contribution in [0.2, 0.25) is 0 Å². The summed E-state index contributed by atoms with van der Waals surface area (Å²) in [6, 6.07) is 0.879.